The Labute approximate surface area is 90.3 Å². The van der Waals surface area contributed by atoms with E-state index in [0.29, 0.717) is 13.1 Å². The summed E-state index contributed by atoms with van der Waals surface area (Å²) in [6.07, 6.45) is 2.36. The molecule has 1 saturated heterocycles. The van der Waals surface area contributed by atoms with E-state index in [1.807, 2.05) is 0 Å². The third kappa shape index (κ3) is 1.80. The Kier molecular flexibility index (Phi) is 2.70. The Morgan fingerprint density at radius 1 is 1.69 bits per heavy atom. The van der Waals surface area contributed by atoms with E-state index < -0.39 is 11.7 Å². The first-order valence-electron chi connectivity index (χ1n) is 4.65. The summed E-state index contributed by atoms with van der Waals surface area (Å²) in [5, 5.41) is 3.46. The molecule has 1 aliphatic heterocycles. The van der Waals surface area contributed by atoms with Crippen LogP contribution in [-0.2, 0) is 0 Å². The number of pyridine rings is 1. The standard InChI is InChI=1S/C9H8FN5O/c10-8-3-12-2-1-7(8)9(16)15-4-6(5-15)13-14-11/h1-3,6H,4-5H2. The van der Waals surface area contributed by atoms with E-state index in [2.05, 4.69) is 15.0 Å². The van der Waals surface area contributed by atoms with E-state index in [4.69, 9.17) is 5.53 Å². The molecule has 0 spiro atoms. The van der Waals surface area contributed by atoms with Crippen LogP contribution in [0.25, 0.3) is 10.4 Å². The van der Waals surface area contributed by atoms with Gasteiger partial charge in [0.15, 0.2) is 5.82 Å². The van der Waals surface area contributed by atoms with Gasteiger partial charge in [0.25, 0.3) is 5.91 Å². The monoisotopic (exact) mass is 221 g/mol. The molecule has 82 valence electrons. The average molecular weight is 221 g/mol. The summed E-state index contributed by atoms with van der Waals surface area (Å²) in [5.74, 6) is -1.04. The van der Waals surface area contributed by atoms with Crippen LogP contribution in [0.2, 0.25) is 0 Å². The molecule has 6 nitrogen and oxygen atoms in total. The zero-order valence-electron chi connectivity index (χ0n) is 8.25. The third-order valence-corrected chi connectivity index (χ3v) is 2.37. The number of hydrogen-bond donors (Lipinski definition) is 0. The quantitative estimate of drug-likeness (QED) is 0.429. The lowest BCUT2D eigenvalue weighted by atomic mass is 10.1. The maximum absolute atomic E-state index is 13.2. The van der Waals surface area contributed by atoms with Crippen LogP contribution >= 0.6 is 0 Å². The van der Waals surface area contributed by atoms with Crippen molar-refractivity contribution >= 4 is 5.91 Å². The Balaban J connectivity index is 2.06. The lowest BCUT2D eigenvalue weighted by Gasteiger charge is -2.36. The first kappa shape index (κ1) is 10.4. The number of carbonyl (C=O) groups excluding carboxylic acids is 1. The fraction of sp³-hybridized carbons (Fsp3) is 0.333. The predicted octanol–water partition coefficient (Wildman–Crippen LogP) is 1.36. The molecule has 1 fully saturated rings. The number of aromatic nitrogens is 1. The molecule has 0 unspecified atom stereocenters. The molecule has 0 aliphatic carbocycles. The normalized spacial score (nSPS) is 15.2. The second-order valence-corrected chi connectivity index (χ2v) is 3.42. The second-order valence-electron chi connectivity index (χ2n) is 3.42. The van der Waals surface area contributed by atoms with E-state index in [9.17, 15) is 9.18 Å². The highest BCUT2D eigenvalue weighted by atomic mass is 19.1. The SMILES string of the molecule is [N-]=[N+]=NC1CN(C(=O)c2ccncc2F)C1. The van der Waals surface area contributed by atoms with Crippen molar-refractivity contribution < 1.29 is 9.18 Å². The molecule has 0 saturated carbocycles. The van der Waals surface area contributed by atoms with Crippen molar-refractivity contribution in [3.63, 3.8) is 0 Å². The van der Waals surface area contributed by atoms with Gasteiger partial charge in [-0.25, -0.2) is 4.39 Å². The van der Waals surface area contributed by atoms with Gasteiger partial charge in [-0.2, -0.15) is 0 Å². The van der Waals surface area contributed by atoms with Gasteiger partial charge in [-0.05, 0) is 11.6 Å². The van der Waals surface area contributed by atoms with E-state index in [1.165, 1.54) is 17.2 Å². The maximum atomic E-state index is 13.2. The zero-order valence-corrected chi connectivity index (χ0v) is 8.25. The highest BCUT2D eigenvalue weighted by molar-refractivity contribution is 5.94. The predicted molar refractivity (Wildman–Crippen MR) is 53.0 cm³/mol. The van der Waals surface area contributed by atoms with Gasteiger partial charge < -0.3 is 4.90 Å². The second kappa shape index (κ2) is 4.16. The number of halogens is 1. The lowest BCUT2D eigenvalue weighted by molar-refractivity contribution is 0.0603. The fourth-order valence-electron chi connectivity index (χ4n) is 1.49. The minimum atomic E-state index is -0.639. The summed E-state index contributed by atoms with van der Waals surface area (Å²) in [6, 6.07) is 1.14. The summed E-state index contributed by atoms with van der Waals surface area (Å²) in [7, 11) is 0. The Morgan fingerprint density at radius 2 is 2.44 bits per heavy atom. The van der Waals surface area contributed by atoms with Crippen LogP contribution in [0, 0.1) is 5.82 Å². The first-order valence-corrected chi connectivity index (χ1v) is 4.65. The van der Waals surface area contributed by atoms with Crippen molar-refractivity contribution in [3.05, 3.63) is 40.3 Å². The van der Waals surface area contributed by atoms with Crippen molar-refractivity contribution in [1.29, 1.82) is 0 Å². The van der Waals surface area contributed by atoms with Gasteiger partial charge >= 0.3 is 0 Å². The number of azide groups is 1. The molecule has 1 aromatic heterocycles. The van der Waals surface area contributed by atoms with Crippen molar-refractivity contribution in [3.8, 4) is 0 Å². The topological polar surface area (TPSA) is 82.0 Å². The summed E-state index contributed by atoms with van der Waals surface area (Å²) in [5.41, 5.74) is 8.17. The summed E-state index contributed by atoms with van der Waals surface area (Å²) in [4.78, 5) is 19.4. The number of hydrogen-bond acceptors (Lipinski definition) is 3. The van der Waals surface area contributed by atoms with Gasteiger partial charge in [0.2, 0.25) is 0 Å². The van der Waals surface area contributed by atoms with Crippen LogP contribution in [-0.4, -0.2) is 34.9 Å². The minimum absolute atomic E-state index is 0.00520. The van der Waals surface area contributed by atoms with Crippen molar-refractivity contribution in [2.24, 2.45) is 5.11 Å². The van der Waals surface area contributed by atoms with Gasteiger partial charge in [0.05, 0.1) is 17.8 Å². The molecular formula is C9H8FN5O. The molecule has 0 N–H and O–H groups in total. The van der Waals surface area contributed by atoms with Crippen LogP contribution in [0.1, 0.15) is 10.4 Å². The van der Waals surface area contributed by atoms with Crippen LogP contribution in [0.15, 0.2) is 23.6 Å². The molecule has 2 heterocycles. The molecule has 7 heteroatoms. The number of amides is 1. The molecule has 0 radical (unpaired) electrons. The first-order chi connectivity index (χ1) is 7.72. The lowest BCUT2D eigenvalue weighted by Crippen LogP contribution is -2.52. The third-order valence-electron chi connectivity index (χ3n) is 2.37. The van der Waals surface area contributed by atoms with Gasteiger partial charge in [-0.1, -0.05) is 5.11 Å². The molecule has 0 atom stereocenters. The average Bonchev–Trinajstić information content (AvgIpc) is 2.22. The largest absolute Gasteiger partial charge is 0.338 e. The summed E-state index contributed by atoms with van der Waals surface area (Å²) in [6.45, 7) is 0.676. The van der Waals surface area contributed by atoms with E-state index in [-0.39, 0.29) is 11.6 Å². The van der Waals surface area contributed by atoms with Crippen molar-refractivity contribution in [1.82, 2.24) is 9.88 Å². The fourth-order valence-corrected chi connectivity index (χ4v) is 1.49. The molecule has 1 amide bonds. The molecule has 2 rings (SSSR count). The van der Waals surface area contributed by atoms with Crippen molar-refractivity contribution in [2.45, 2.75) is 6.04 Å². The Hall–Kier alpha value is -2.14. The van der Waals surface area contributed by atoms with E-state index >= 15 is 0 Å². The van der Waals surface area contributed by atoms with Crippen LogP contribution in [0.3, 0.4) is 0 Å². The van der Waals surface area contributed by atoms with Crippen molar-refractivity contribution in [2.75, 3.05) is 13.1 Å². The van der Waals surface area contributed by atoms with Crippen LogP contribution in [0.5, 0.6) is 0 Å². The van der Waals surface area contributed by atoms with Crippen LogP contribution in [0.4, 0.5) is 4.39 Å². The Morgan fingerprint density at radius 3 is 3.06 bits per heavy atom. The smallest absolute Gasteiger partial charge is 0.256 e. The highest BCUT2D eigenvalue weighted by Crippen LogP contribution is 2.17. The van der Waals surface area contributed by atoms with Gasteiger partial charge in [0, 0.05) is 24.2 Å². The Bertz CT molecular complexity index is 465. The molecule has 1 aliphatic rings. The minimum Gasteiger partial charge on any atom is -0.338 e. The molecule has 0 bridgehead atoms. The van der Waals surface area contributed by atoms with E-state index in [1.54, 1.807) is 0 Å². The molecule has 16 heavy (non-hydrogen) atoms. The number of likely N-dealkylation sites (tertiary alicyclic amines) is 1. The highest BCUT2D eigenvalue weighted by Gasteiger charge is 2.31. The summed E-state index contributed by atoms with van der Waals surface area (Å²) >= 11 is 0. The number of carbonyl (C=O) groups is 1. The molecule has 1 aromatic rings. The number of nitrogens with zero attached hydrogens (tertiary/aromatic N) is 5. The van der Waals surface area contributed by atoms with E-state index in [0.717, 1.165) is 6.20 Å². The van der Waals surface area contributed by atoms with Gasteiger partial charge in [-0.15, -0.1) is 0 Å². The molecular weight excluding hydrogens is 213 g/mol. The van der Waals surface area contributed by atoms with Gasteiger partial charge in [-0.3, -0.25) is 9.78 Å². The van der Waals surface area contributed by atoms with Crippen LogP contribution < -0.4 is 0 Å². The zero-order chi connectivity index (χ0) is 11.5. The van der Waals surface area contributed by atoms with Gasteiger partial charge in [0.1, 0.15) is 0 Å². The maximum Gasteiger partial charge on any atom is 0.256 e. The molecule has 0 aromatic carbocycles. The summed E-state index contributed by atoms with van der Waals surface area (Å²) < 4.78 is 13.2. The number of rotatable bonds is 2.